The molecule has 0 aromatic heterocycles. The summed E-state index contributed by atoms with van der Waals surface area (Å²) in [4.78, 5) is 12.2. The fourth-order valence-corrected chi connectivity index (χ4v) is 4.57. The van der Waals surface area contributed by atoms with Gasteiger partial charge in [-0.3, -0.25) is 4.79 Å². The van der Waals surface area contributed by atoms with Crippen molar-refractivity contribution in [2.45, 2.75) is 64.1 Å². The molecule has 2 aliphatic rings. The predicted octanol–water partition coefficient (Wildman–Crippen LogP) is 3.03. The van der Waals surface area contributed by atoms with E-state index in [4.69, 9.17) is 9.47 Å². The highest BCUT2D eigenvalue weighted by Gasteiger charge is 2.55. The molecule has 2 aliphatic carbocycles. The number of carbonyl (C=O) groups is 1. The molecule has 1 aromatic carbocycles. The lowest BCUT2D eigenvalue weighted by atomic mass is 9.55. The average Bonchev–Trinajstić information content (AvgIpc) is 2.69. The van der Waals surface area contributed by atoms with Crippen LogP contribution in [0.3, 0.4) is 0 Å². The van der Waals surface area contributed by atoms with Gasteiger partial charge in [-0.05, 0) is 43.9 Å². The van der Waals surface area contributed by atoms with Crippen molar-refractivity contribution in [3.8, 4) is 5.75 Å². The summed E-state index contributed by atoms with van der Waals surface area (Å²) < 4.78 is 11.1. The first-order valence-electron chi connectivity index (χ1n) is 9.92. The largest absolute Gasteiger partial charge is 0.497 e. The quantitative estimate of drug-likeness (QED) is 0.748. The van der Waals surface area contributed by atoms with Crippen LogP contribution in [0.25, 0.3) is 0 Å². The van der Waals surface area contributed by atoms with Gasteiger partial charge < -0.3 is 20.1 Å². The van der Waals surface area contributed by atoms with Crippen LogP contribution in [0.1, 0.15) is 51.0 Å². The Balaban J connectivity index is 1.44. The molecule has 5 nitrogen and oxygen atoms in total. The minimum absolute atomic E-state index is 0.0478. The van der Waals surface area contributed by atoms with Crippen molar-refractivity contribution in [3.05, 3.63) is 29.8 Å². The summed E-state index contributed by atoms with van der Waals surface area (Å²) in [6, 6.07) is 8.18. The maximum absolute atomic E-state index is 12.2. The van der Waals surface area contributed by atoms with Crippen LogP contribution in [-0.2, 0) is 16.1 Å². The van der Waals surface area contributed by atoms with Crippen LogP contribution in [0, 0.1) is 5.41 Å². The SMILES string of the molecule is CCO[C@@H]1C[C@H](NCC(=O)NCc2ccc(OC)cc2)C12CCCCC2. The maximum atomic E-state index is 12.2. The Bertz CT molecular complexity index is 581. The van der Waals surface area contributed by atoms with Gasteiger partial charge in [-0.1, -0.05) is 31.4 Å². The van der Waals surface area contributed by atoms with Crippen molar-refractivity contribution < 1.29 is 14.3 Å². The Labute approximate surface area is 156 Å². The van der Waals surface area contributed by atoms with Gasteiger partial charge in [0.25, 0.3) is 0 Å². The van der Waals surface area contributed by atoms with Gasteiger partial charge in [0.15, 0.2) is 0 Å². The lowest BCUT2D eigenvalue weighted by Crippen LogP contribution is -2.65. The van der Waals surface area contributed by atoms with Crippen molar-refractivity contribution in [3.63, 3.8) is 0 Å². The molecule has 144 valence electrons. The number of hydrogen-bond donors (Lipinski definition) is 2. The third-order valence-electron chi connectivity index (χ3n) is 6.10. The summed E-state index contributed by atoms with van der Waals surface area (Å²) in [5, 5.41) is 6.50. The molecule has 3 rings (SSSR count). The Morgan fingerprint density at radius 1 is 1.19 bits per heavy atom. The molecule has 5 heteroatoms. The highest BCUT2D eigenvalue weighted by Crippen LogP contribution is 2.53. The van der Waals surface area contributed by atoms with Gasteiger partial charge >= 0.3 is 0 Å². The molecular weight excluding hydrogens is 328 g/mol. The van der Waals surface area contributed by atoms with Crippen molar-refractivity contribution in [1.29, 1.82) is 0 Å². The number of carbonyl (C=O) groups excluding carboxylic acids is 1. The maximum Gasteiger partial charge on any atom is 0.234 e. The second-order valence-electron chi connectivity index (χ2n) is 7.53. The van der Waals surface area contributed by atoms with Gasteiger partial charge in [0, 0.05) is 24.6 Å². The van der Waals surface area contributed by atoms with Gasteiger partial charge in [0.1, 0.15) is 5.75 Å². The number of ether oxygens (including phenoxy) is 2. The molecule has 2 N–H and O–H groups in total. The number of amides is 1. The number of rotatable bonds is 8. The molecule has 0 radical (unpaired) electrons. The molecule has 0 aliphatic heterocycles. The number of nitrogens with one attached hydrogen (secondary N) is 2. The summed E-state index contributed by atoms with van der Waals surface area (Å²) in [6.07, 6.45) is 7.74. The Hall–Kier alpha value is -1.59. The van der Waals surface area contributed by atoms with Gasteiger partial charge in [-0.2, -0.15) is 0 Å². The Kier molecular flexibility index (Phi) is 6.54. The molecular formula is C21H32N2O3. The van der Waals surface area contributed by atoms with E-state index in [2.05, 4.69) is 17.6 Å². The van der Waals surface area contributed by atoms with Crippen LogP contribution in [0.5, 0.6) is 5.75 Å². The number of benzene rings is 1. The van der Waals surface area contributed by atoms with Gasteiger partial charge in [-0.15, -0.1) is 0 Å². The van der Waals surface area contributed by atoms with Gasteiger partial charge in [0.05, 0.1) is 19.8 Å². The van der Waals surface area contributed by atoms with E-state index in [9.17, 15) is 4.79 Å². The smallest absolute Gasteiger partial charge is 0.234 e. The van der Waals surface area contributed by atoms with Crippen LogP contribution in [0.2, 0.25) is 0 Å². The molecule has 1 amide bonds. The van der Waals surface area contributed by atoms with Crippen LogP contribution < -0.4 is 15.4 Å². The minimum atomic E-state index is 0.0478. The molecule has 2 atom stereocenters. The van der Waals surface area contributed by atoms with E-state index < -0.39 is 0 Å². The van der Waals surface area contributed by atoms with E-state index >= 15 is 0 Å². The normalized spacial score (nSPS) is 24.1. The zero-order valence-corrected chi connectivity index (χ0v) is 16.1. The molecule has 26 heavy (non-hydrogen) atoms. The van der Waals surface area contributed by atoms with Crippen LogP contribution in [-0.4, -0.2) is 38.3 Å². The van der Waals surface area contributed by atoms with Crippen LogP contribution in [0.4, 0.5) is 0 Å². The third kappa shape index (κ3) is 4.21. The highest BCUT2D eigenvalue weighted by atomic mass is 16.5. The van der Waals surface area contributed by atoms with Crippen molar-refractivity contribution >= 4 is 5.91 Å². The summed E-state index contributed by atoms with van der Waals surface area (Å²) >= 11 is 0. The monoisotopic (exact) mass is 360 g/mol. The third-order valence-corrected chi connectivity index (χ3v) is 6.10. The first-order valence-corrected chi connectivity index (χ1v) is 9.92. The van der Waals surface area contributed by atoms with E-state index in [-0.39, 0.29) is 11.3 Å². The molecule has 0 saturated heterocycles. The van der Waals surface area contributed by atoms with E-state index in [1.165, 1.54) is 32.1 Å². The highest BCUT2D eigenvalue weighted by molar-refractivity contribution is 5.78. The summed E-state index contributed by atoms with van der Waals surface area (Å²) in [5.74, 6) is 0.875. The predicted molar refractivity (Wildman–Crippen MR) is 102 cm³/mol. The van der Waals surface area contributed by atoms with E-state index in [0.717, 1.165) is 24.3 Å². The molecule has 0 bridgehead atoms. The molecule has 1 spiro atoms. The summed E-state index contributed by atoms with van der Waals surface area (Å²) in [7, 11) is 1.65. The van der Waals surface area contributed by atoms with Gasteiger partial charge in [0.2, 0.25) is 5.91 Å². The van der Waals surface area contributed by atoms with Crippen LogP contribution in [0.15, 0.2) is 24.3 Å². The van der Waals surface area contributed by atoms with Crippen LogP contribution >= 0.6 is 0 Å². The lowest BCUT2D eigenvalue weighted by molar-refractivity contribution is -0.151. The second kappa shape index (κ2) is 8.87. The Morgan fingerprint density at radius 3 is 2.58 bits per heavy atom. The van der Waals surface area contributed by atoms with Crippen molar-refractivity contribution in [2.75, 3.05) is 20.3 Å². The summed E-state index contributed by atoms with van der Waals surface area (Å²) in [5.41, 5.74) is 1.33. The molecule has 2 saturated carbocycles. The number of methoxy groups -OCH3 is 1. The fourth-order valence-electron chi connectivity index (χ4n) is 4.57. The van der Waals surface area contributed by atoms with E-state index in [1.807, 2.05) is 24.3 Å². The number of hydrogen-bond acceptors (Lipinski definition) is 4. The minimum Gasteiger partial charge on any atom is -0.497 e. The van der Waals surface area contributed by atoms with E-state index in [1.54, 1.807) is 7.11 Å². The average molecular weight is 360 g/mol. The molecule has 2 fully saturated rings. The molecule has 1 aromatic rings. The lowest BCUT2D eigenvalue weighted by Gasteiger charge is -2.58. The topological polar surface area (TPSA) is 59.6 Å². The zero-order chi connectivity index (χ0) is 18.4. The standard InChI is InChI=1S/C21H32N2O3/c1-3-26-19-13-18(21(19)11-5-4-6-12-21)22-15-20(24)23-14-16-7-9-17(25-2)10-8-16/h7-10,18-19,22H,3-6,11-15H2,1-2H3,(H,23,24)/t18-,19+/m0/s1. The molecule has 0 unspecified atom stereocenters. The fraction of sp³-hybridized carbons (Fsp3) is 0.667. The van der Waals surface area contributed by atoms with Gasteiger partial charge in [-0.25, -0.2) is 0 Å². The van der Waals surface area contributed by atoms with Crippen molar-refractivity contribution in [1.82, 2.24) is 10.6 Å². The zero-order valence-electron chi connectivity index (χ0n) is 16.1. The second-order valence-corrected chi connectivity index (χ2v) is 7.53. The first-order chi connectivity index (χ1) is 12.7. The first kappa shape index (κ1) is 19.2. The summed E-state index contributed by atoms with van der Waals surface area (Å²) in [6.45, 7) is 3.77. The van der Waals surface area contributed by atoms with Crippen molar-refractivity contribution in [2.24, 2.45) is 5.41 Å². The van der Waals surface area contributed by atoms with E-state index in [0.29, 0.717) is 25.2 Å². The Morgan fingerprint density at radius 2 is 1.92 bits per heavy atom. The molecule has 0 heterocycles.